The second-order valence-electron chi connectivity index (χ2n) is 6.07. The molecule has 110 valence electrons. The van der Waals surface area contributed by atoms with Crippen LogP contribution in [0.2, 0.25) is 5.02 Å². The van der Waals surface area contributed by atoms with Gasteiger partial charge in [0.25, 0.3) is 0 Å². The molecule has 0 radical (unpaired) electrons. The highest BCUT2D eigenvalue weighted by atomic mass is 35.5. The van der Waals surface area contributed by atoms with Crippen LogP contribution in [0.3, 0.4) is 0 Å². The number of ether oxygens (including phenoxy) is 1. The molecule has 0 aromatic heterocycles. The fraction of sp³-hybridized carbons (Fsp3) is 0.294. The molecule has 0 aliphatic carbocycles. The number of nitrogens with two attached hydrogens (primary N) is 1. The van der Waals surface area contributed by atoms with Crippen molar-refractivity contribution in [3.63, 3.8) is 0 Å². The van der Waals surface area contributed by atoms with Gasteiger partial charge in [0.2, 0.25) is 0 Å². The van der Waals surface area contributed by atoms with Gasteiger partial charge in [0, 0.05) is 21.6 Å². The molecule has 0 bridgehead atoms. The van der Waals surface area contributed by atoms with Crippen LogP contribution in [0.1, 0.15) is 36.6 Å². The highest BCUT2D eigenvalue weighted by molar-refractivity contribution is 6.30. The Labute approximate surface area is 128 Å². The lowest BCUT2D eigenvalue weighted by molar-refractivity contribution is 0.291. The van der Waals surface area contributed by atoms with Crippen LogP contribution in [-0.4, -0.2) is 6.61 Å². The molecule has 2 N–H and O–H groups in total. The molecule has 2 aromatic carbocycles. The first-order valence-corrected chi connectivity index (χ1v) is 7.24. The molecule has 1 heterocycles. The highest BCUT2D eigenvalue weighted by Gasteiger charge is 2.32. The van der Waals surface area contributed by atoms with E-state index in [0.29, 0.717) is 17.2 Å². The van der Waals surface area contributed by atoms with Crippen LogP contribution in [-0.2, 0) is 5.41 Å². The third kappa shape index (κ3) is 2.52. The lowest BCUT2D eigenvalue weighted by atomic mass is 9.85. The van der Waals surface area contributed by atoms with Gasteiger partial charge >= 0.3 is 0 Å². The van der Waals surface area contributed by atoms with Crippen molar-refractivity contribution in [1.82, 2.24) is 0 Å². The van der Waals surface area contributed by atoms with E-state index in [2.05, 4.69) is 13.8 Å². The maximum Gasteiger partial charge on any atom is 0.129 e. The van der Waals surface area contributed by atoms with Crippen molar-refractivity contribution in [2.24, 2.45) is 5.73 Å². The fourth-order valence-corrected chi connectivity index (χ4v) is 2.82. The molecule has 1 unspecified atom stereocenters. The van der Waals surface area contributed by atoms with Crippen molar-refractivity contribution in [3.8, 4) is 5.75 Å². The van der Waals surface area contributed by atoms with Gasteiger partial charge in [-0.3, -0.25) is 0 Å². The van der Waals surface area contributed by atoms with Gasteiger partial charge < -0.3 is 10.5 Å². The van der Waals surface area contributed by atoms with Crippen molar-refractivity contribution >= 4 is 11.6 Å². The Kier molecular flexibility index (Phi) is 3.42. The maximum absolute atomic E-state index is 14.0. The Bertz CT molecular complexity index is 699. The number of fused-ring (bicyclic) bond motifs is 1. The standard InChI is InChI=1S/C17H17ClFNO/c1-17(2)9-21-15-6-3-10(7-13(15)17)16(20)12-5-4-11(18)8-14(12)19/h3-8,16H,9,20H2,1-2H3. The predicted octanol–water partition coefficient (Wildman–Crippen LogP) is 4.20. The van der Waals surface area contributed by atoms with E-state index in [9.17, 15) is 4.39 Å². The molecule has 0 amide bonds. The minimum atomic E-state index is -0.524. The zero-order valence-corrected chi connectivity index (χ0v) is 12.7. The first-order valence-electron chi connectivity index (χ1n) is 6.86. The van der Waals surface area contributed by atoms with Crippen LogP contribution in [0, 0.1) is 5.82 Å². The van der Waals surface area contributed by atoms with Crippen molar-refractivity contribution in [1.29, 1.82) is 0 Å². The molecule has 2 aromatic rings. The zero-order valence-electron chi connectivity index (χ0n) is 12.0. The van der Waals surface area contributed by atoms with Gasteiger partial charge in [-0.15, -0.1) is 0 Å². The third-order valence-corrected chi connectivity index (χ3v) is 4.21. The van der Waals surface area contributed by atoms with E-state index in [0.717, 1.165) is 16.9 Å². The van der Waals surface area contributed by atoms with Crippen LogP contribution >= 0.6 is 11.6 Å². The lowest BCUT2D eigenvalue weighted by Gasteiger charge is -2.18. The maximum atomic E-state index is 14.0. The van der Waals surface area contributed by atoms with E-state index >= 15 is 0 Å². The van der Waals surface area contributed by atoms with E-state index in [4.69, 9.17) is 22.1 Å². The Balaban J connectivity index is 2.01. The van der Waals surface area contributed by atoms with Gasteiger partial charge in [-0.2, -0.15) is 0 Å². The molecule has 21 heavy (non-hydrogen) atoms. The van der Waals surface area contributed by atoms with Crippen LogP contribution in [0.25, 0.3) is 0 Å². The molecule has 1 atom stereocenters. The van der Waals surface area contributed by atoms with E-state index < -0.39 is 6.04 Å². The highest BCUT2D eigenvalue weighted by Crippen LogP contribution is 2.40. The summed E-state index contributed by atoms with van der Waals surface area (Å²) < 4.78 is 19.7. The molecule has 0 saturated carbocycles. The SMILES string of the molecule is CC1(C)COc2ccc(C(N)c3ccc(Cl)cc3F)cc21. The van der Waals surface area contributed by atoms with Gasteiger partial charge in [0.1, 0.15) is 11.6 Å². The molecule has 1 aliphatic rings. The van der Waals surface area contributed by atoms with Crippen LogP contribution in [0.5, 0.6) is 5.75 Å². The lowest BCUT2D eigenvalue weighted by Crippen LogP contribution is -2.19. The van der Waals surface area contributed by atoms with Crippen molar-refractivity contribution in [2.75, 3.05) is 6.61 Å². The Morgan fingerprint density at radius 2 is 2.00 bits per heavy atom. The molecule has 0 fully saturated rings. The molecular weight excluding hydrogens is 289 g/mol. The summed E-state index contributed by atoms with van der Waals surface area (Å²) in [5.74, 6) is 0.499. The van der Waals surface area contributed by atoms with E-state index in [1.165, 1.54) is 6.07 Å². The first-order chi connectivity index (χ1) is 9.88. The average molecular weight is 306 g/mol. The van der Waals surface area contributed by atoms with Gasteiger partial charge in [0.05, 0.1) is 12.6 Å². The molecule has 1 aliphatic heterocycles. The minimum Gasteiger partial charge on any atom is -0.492 e. The van der Waals surface area contributed by atoms with Crippen LogP contribution < -0.4 is 10.5 Å². The number of benzene rings is 2. The molecule has 2 nitrogen and oxygen atoms in total. The summed E-state index contributed by atoms with van der Waals surface area (Å²) in [6, 6.07) is 9.87. The summed E-state index contributed by atoms with van der Waals surface area (Å²) in [4.78, 5) is 0. The van der Waals surface area contributed by atoms with E-state index in [1.54, 1.807) is 12.1 Å². The number of hydrogen-bond donors (Lipinski definition) is 1. The van der Waals surface area contributed by atoms with E-state index in [-0.39, 0.29) is 11.2 Å². The number of halogens is 2. The van der Waals surface area contributed by atoms with Crippen LogP contribution in [0.15, 0.2) is 36.4 Å². The van der Waals surface area contributed by atoms with Crippen LogP contribution in [0.4, 0.5) is 4.39 Å². The second-order valence-corrected chi connectivity index (χ2v) is 6.51. The Morgan fingerprint density at radius 1 is 1.24 bits per heavy atom. The summed E-state index contributed by atoms with van der Waals surface area (Å²) in [7, 11) is 0. The smallest absolute Gasteiger partial charge is 0.129 e. The van der Waals surface area contributed by atoms with Gasteiger partial charge in [-0.25, -0.2) is 4.39 Å². The van der Waals surface area contributed by atoms with Gasteiger partial charge in [-0.05, 0) is 29.8 Å². The molecule has 4 heteroatoms. The zero-order chi connectivity index (χ0) is 15.2. The summed E-state index contributed by atoms with van der Waals surface area (Å²) in [5.41, 5.74) is 8.60. The monoisotopic (exact) mass is 305 g/mol. The molecule has 0 spiro atoms. The van der Waals surface area contributed by atoms with Gasteiger partial charge in [0.15, 0.2) is 0 Å². The largest absolute Gasteiger partial charge is 0.492 e. The summed E-state index contributed by atoms with van der Waals surface area (Å²) in [5, 5.41) is 0.368. The van der Waals surface area contributed by atoms with E-state index in [1.807, 2.05) is 18.2 Å². The number of hydrogen-bond acceptors (Lipinski definition) is 2. The van der Waals surface area contributed by atoms with Gasteiger partial charge in [-0.1, -0.05) is 37.6 Å². The summed E-state index contributed by atoms with van der Waals surface area (Å²) >= 11 is 5.78. The predicted molar refractivity (Wildman–Crippen MR) is 82.4 cm³/mol. The molecular formula is C17H17ClFNO. The molecule has 0 saturated heterocycles. The fourth-order valence-electron chi connectivity index (χ4n) is 2.67. The summed E-state index contributed by atoms with van der Waals surface area (Å²) in [6.07, 6.45) is 0. The first kappa shape index (κ1) is 14.4. The normalized spacial score (nSPS) is 17.2. The Hall–Kier alpha value is -1.58. The topological polar surface area (TPSA) is 35.2 Å². The quantitative estimate of drug-likeness (QED) is 0.902. The second kappa shape index (κ2) is 5.00. The van der Waals surface area contributed by atoms with Crippen molar-refractivity contribution < 1.29 is 9.13 Å². The third-order valence-electron chi connectivity index (χ3n) is 3.98. The minimum absolute atomic E-state index is 0.0520. The summed E-state index contributed by atoms with van der Waals surface area (Å²) in [6.45, 7) is 4.89. The molecule has 3 rings (SSSR count). The number of rotatable bonds is 2. The average Bonchev–Trinajstić information content (AvgIpc) is 2.74. The van der Waals surface area contributed by atoms with Crippen molar-refractivity contribution in [3.05, 3.63) is 63.9 Å². The van der Waals surface area contributed by atoms with Crippen molar-refractivity contribution in [2.45, 2.75) is 25.3 Å². The Morgan fingerprint density at radius 3 is 2.71 bits per heavy atom.